The molecule has 1 aromatic rings. The summed E-state index contributed by atoms with van der Waals surface area (Å²) in [6, 6.07) is 6.60. The van der Waals surface area contributed by atoms with E-state index in [1.165, 1.54) is 18.9 Å². The Balaban J connectivity index is 2.37. The SMILES string of the molecule is CC(C)C1CCCN1c1ccc(Br)cc1/C=C/C(=O)O. The monoisotopic (exact) mass is 337 g/mol. The summed E-state index contributed by atoms with van der Waals surface area (Å²) in [5, 5.41) is 8.83. The lowest BCUT2D eigenvalue weighted by molar-refractivity contribution is -0.131. The number of anilines is 1. The van der Waals surface area contributed by atoms with Gasteiger partial charge in [0.25, 0.3) is 0 Å². The lowest BCUT2D eigenvalue weighted by atomic mass is 10.0. The van der Waals surface area contributed by atoms with Crippen molar-refractivity contribution >= 4 is 33.7 Å². The Labute approximate surface area is 128 Å². The molecule has 1 fully saturated rings. The first-order valence-electron chi connectivity index (χ1n) is 6.96. The summed E-state index contributed by atoms with van der Waals surface area (Å²) in [5.74, 6) is -0.324. The second-order valence-corrected chi connectivity index (χ2v) is 6.44. The van der Waals surface area contributed by atoms with Gasteiger partial charge < -0.3 is 10.0 Å². The molecular formula is C16H20BrNO2. The second kappa shape index (κ2) is 6.44. The van der Waals surface area contributed by atoms with Gasteiger partial charge in [0, 0.05) is 28.8 Å². The third-order valence-electron chi connectivity index (χ3n) is 3.77. The van der Waals surface area contributed by atoms with Gasteiger partial charge in [0.15, 0.2) is 0 Å². The summed E-state index contributed by atoms with van der Waals surface area (Å²) in [6.07, 6.45) is 5.28. The molecule has 1 aliphatic heterocycles. The molecule has 1 aliphatic rings. The topological polar surface area (TPSA) is 40.5 Å². The van der Waals surface area contributed by atoms with Crippen LogP contribution in [-0.2, 0) is 4.79 Å². The van der Waals surface area contributed by atoms with E-state index in [4.69, 9.17) is 5.11 Å². The highest BCUT2D eigenvalue weighted by molar-refractivity contribution is 9.10. The van der Waals surface area contributed by atoms with E-state index in [1.54, 1.807) is 6.08 Å². The molecule has 20 heavy (non-hydrogen) atoms. The molecule has 0 spiro atoms. The molecule has 1 heterocycles. The van der Waals surface area contributed by atoms with Crippen molar-refractivity contribution in [2.24, 2.45) is 5.92 Å². The smallest absolute Gasteiger partial charge is 0.328 e. The van der Waals surface area contributed by atoms with Gasteiger partial charge in [-0.15, -0.1) is 0 Å². The van der Waals surface area contributed by atoms with Gasteiger partial charge in [-0.2, -0.15) is 0 Å². The summed E-state index contributed by atoms with van der Waals surface area (Å²) in [4.78, 5) is 13.2. The van der Waals surface area contributed by atoms with Crippen LogP contribution in [0.4, 0.5) is 5.69 Å². The van der Waals surface area contributed by atoms with E-state index in [0.29, 0.717) is 12.0 Å². The third kappa shape index (κ3) is 3.42. The van der Waals surface area contributed by atoms with Gasteiger partial charge in [-0.25, -0.2) is 4.79 Å². The molecule has 108 valence electrons. The molecule has 4 heteroatoms. The quantitative estimate of drug-likeness (QED) is 0.838. The zero-order valence-electron chi connectivity index (χ0n) is 11.8. The van der Waals surface area contributed by atoms with Crippen molar-refractivity contribution in [2.45, 2.75) is 32.7 Å². The molecule has 3 nitrogen and oxygen atoms in total. The first kappa shape index (κ1) is 15.1. The zero-order valence-corrected chi connectivity index (χ0v) is 13.4. The van der Waals surface area contributed by atoms with Crippen molar-refractivity contribution in [1.29, 1.82) is 0 Å². The summed E-state index contributed by atoms with van der Waals surface area (Å²) in [6.45, 7) is 5.53. The van der Waals surface area contributed by atoms with Crippen molar-refractivity contribution in [3.05, 3.63) is 34.3 Å². The Kier molecular flexibility index (Phi) is 4.86. The van der Waals surface area contributed by atoms with Crippen LogP contribution in [0.5, 0.6) is 0 Å². The van der Waals surface area contributed by atoms with Crippen LogP contribution >= 0.6 is 15.9 Å². The summed E-state index contributed by atoms with van der Waals surface area (Å²) >= 11 is 3.46. The fourth-order valence-corrected chi connectivity index (χ4v) is 3.25. The van der Waals surface area contributed by atoms with Gasteiger partial charge in [-0.3, -0.25) is 0 Å². The number of rotatable bonds is 4. The minimum Gasteiger partial charge on any atom is -0.478 e. The molecule has 0 radical (unpaired) electrons. The van der Waals surface area contributed by atoms with Crippen LogP contribution in [0, 0.1) is 5.92 Å². The van der Waals surface area contributed by atoms with Gasteiger partial charge in [-0.05, 0) is 48.6 Å². The first-order valence-corrected chi connectivity index (χ1v) is 7.75. The van der Waals surface area contributed by atoms with Crippen LogP contribution in [-0.4, -0.2) is 23.7 Å². The highest BCUT2D eigenvalue weighted by Crippen LogP contribution is 2.34. The molecule has 0 aromatic heterocycles. The van der Waals surface area contributed by atoms with Gasteiger partial charge >= 0.3 is 5.97 Å². The van der Waals surface area contributed by atoms with Gasteiger partial charge in [0.05, 0.1) is 0 Å². The molecule has 1 saturated heterocycles. The zero-order chi connectivity index (χ0) is 14.7. The number of carboxylic acids is 1. The van der Waals surface area contributed by atoms with Gasteiger partial charge in [0.2, 0.25) is 0 Å². The summed E-state index contributed by atoms with van der Waals surface area (Å²) in [5.41, 5.74) is 2.08. The van der Waals surface area contributed by atoms with Gasteiger partial charge in [0.1, 0.15) is 0 Å². The number of hydrogen-bond donors (Lipinski definition) is 1. The fraction of sp³-hybridized carbons (Fsp3) is 0.438. The standard InChI is InChI=1S/C16H20BrNO2/c1-11(2)14-4-3-9-18(14)15-7-6-13(17)10-12(15)5-8-16(19)20/h5-8,10-11,14H,3-4,9H2,1-2H3,(H,19,20)/b8-5+. The lowest BCUT2D eigenvalue weighted by Gasteiger charge is -2.31. The van der Waals surface area contributed by atoms with Gasteiger partial charge in [-0.1, -0.05) is 29.8 Å². The number of benzene rings is 1. The molecule has 1 aromatic carbocycles. The highest BCUT2D eigenvalue weighted by atomic mass is 79.9. The van der Waals surface area contributed by atoms with Crippen LogP contribution in [0.3, 0.4) is 0 Å². The van der Waals surface area contributed by atoms with Crippen molar-refractivity contribution in [3.63, 3.8) is 0 Å². The molecule has 0 amide bonds. The molecule has 0 aliphatic carbocycles. The van der Waals surface area contributed by atoms with Crippen molar-refractivity contribution in [2.75, 3.05) is 11.4 Å². The van der Waals surface area contributed by atoms with Crippen LogP contribution in [0.15, 0.2) is 28.7 Å². The van der Waals surface area contributed by atoms with E-state index >= 15 is 0 Å². The normalized spacial score (nSPS) is 19.2. The van der Waals surface area contributed by atoms with Crippen molar-refractivity contribution in [3.8, 4) is 0 Å². The number of halogens is 1. The maximum absolute atomic E-state index is 10.8. The Morgan fingerprint density at radius 3 is 2.90 bits per heavy atom. The van der Waals surface area contributed by atoms with Crippen LogP contribution in [0.2, 0.25) is 0 Å². The summed E-state index contributed by atoms with van der Waals surface area (Å²) < 4.78 is 0.964. The Morgan fingerprint density at radius 1 is 1.50 bits per heavy atom. The van der Waals surface area contributed by atoms with Crippen LogP contribution in [0.25, 0.3) is 6.08 Å². The van der Waals surface area contributed by atoms with Crippen molar-refractivity contribution < 1.29 is 9.90 Å². The van der Waals surface area contributed by atoms with E-state index in [9.17, 15) is 4.79 Å². The van der Waals surface area contributed by atoms with E-state index in [-0.39, 0.29) is 0 Å². The predicted molar refractivity (Wildman–Crippen MR) is 86.0 cm³/mol. The predicted octanol–water partition coefficient (Wildman–Crippen LogP) is 4.17. The maximum Gasteiger partial charge on any atom is 0.328 e. The molecule has 0 saturated carbocycles. The number of aliphatic carboxylic acids is 1. The molecule has 1 unspecified atom stereocenters. The first-order chi connectivity index (χ1) is 9.49. The number of carboxylic acid groups (broad SMARTS) is 1. The number of nitrogens with zero attached hydrogens (tertiary/aromatic N) is 1. The number of hydrogen-bond acceptors (Lipinski definition) is 2. The second-order valence-electron chi connectivity index (χ2n) is 5.52. The number of carbonyl (C=O) groups is 1. The van der Waals surface area contributed by atoms with Crippen LogP contribution < -0.4 is 4.90 Å². The highest BCUT2D eigenvalue weighted by Gasteiger charge is 2.28. The lowest BCUT2D eigenvalue weighted by Crippen LogP contribution is -2.33. The average Bonchev–Trinajstić information content (AvgIpc) is 2.85. The Morgan fingerprint density at radius 2 is 2.25 bits per heavy atom. The van der Waals surface area contributed by atoms with E-state index in [0.717, 1.165) is 22.3 Å². The third-order valence-corrected chi connectivity index (χ3v) is 4.27. The largest absolute Gasteiger partial charge is 0.478 e. The average molecular weight is 338 g/mol. The Bertz CT molecular complexity index is 525. The van der Waals surface area contributed by atoms with E-state index in [1.807, 2.05) is 12.1 Å². The molecule has 1 atom stereocenters. The molecular weight excluding hydrogens is 318 g/mol. The maximum atomic E-state index is 10.8. The molecule has 0 bridgehead atoms. The minimum absolute atomic E-state index is 0.535. The van der Waals surface area contributed by atoms with Crippen LogP contribution in [0.1, 0.15) is 32.3 Å². The fourth-order valence-electron chi connectivity index (χ4n) is 2.87. The molecule has 2 rings (SSSR count). The molecule has 1 N–H and O–H groups in total. The van der Waals surface area contributed by atoms with Crippen molar-refractivity contribution in [1.82, 2.24) is 0 Å². The minimum atomic E-state index is -0.919. The van der Waals surface area contributed by atoms with E-state index in [2.05, 4.69) is 40.7 Å². The Hall–Kier alpha value is -1.29. The van der Waals surface area contributed by atoms with E-state index < -0.39 is 5.97 Å². The summed E-state index contributed by atoms with van der Waals surface area (Å²) in [7, 11) is 0.